The second kappa shape index (κ2) is 12.3. The second-order valence-electron chi connectivity index (χ2n) is 6.38. The van der Waals surface area contributed by atoms with Crippen LogP contribution in [0.2, 0.25) is 0 Å². The van der Waals surface area contributed by atoms with Crippen molar-refractivity contribution in [1.82, 2.24) is 20.5 Å². The molecule has 0 spiro atoms. The molecule has 2 N–H and O–H groups in total. The van der Waals surface area contributed by atoms with E-state index < -0.39 is 0 Å². The van der Waals surface area contributed by atoms with Crippen LogP contribution in [0.15, 0.2) is 27.9 Å². The lowest BCUT2D eigenvalue weighted by atomic mass is 10.2. The smallest absolute Gasteiger partial charge is 0.243 e. The van der Waals surface area contributed by atoms with Crippen LogP contribution >= 0.6 is 46.7 Å². The number of nitrogens with one attached hydrogen (secondary N) is 2. The van der Waals surface area contributed by atoms with Crippen LogP contribution < -0.4 is 10.6 Å². The van der Waals surface area contributed by atoms with Gasteiger partial charge in [0.25, 0.3) is 0 Å². The summed E-state index contributed by atoms with van der Waals surface area (Å²) in [6.45, 7) is 5.75. The van der Waals surface area contributed by atoms with Gasteiger partial charge in [0.2, 0.25) is 5.91 Å². The lowest BCUT2D eigenvalue weighted by Crippen LogP contribution is -2.39. The SMILES string of the molecule is CC(C)c1csc(CNC(=NCC(=O)N(C)C)NCCc2cccs2)n1.I. The highest BCUT2D eigenvalue weighted by Gasteiger charge is 2.08. The van der Waals surface area contributed by atoms with Gasteiger partial charge in [-0.2, -0.15) is 0 Å². The molecule has 9 heteroatoms. The lowest BCUT2D eigenvalue weighted by molar-refractivity contribution is -0.127. The third kappa shape index (κ3) is 8.56. The van der Waals surface area contributed by atoms with E-state index in [1.165, 1.54) is 4.88 Å². The Hall–Kier alpha value is -1.20. The van der Waals surface area contributed by atoms with E-state index in [1.54, 1.807) is 41.7 Å². The van der Waals surface area contributed by atoms with Crippen LogP contribution in [0.3, 0.4) is 0 Å². The van der Waals surface area contributed by atoms with Gasteiger partial charge in [-0.1, -0.05) is 19.9 Å². The topological polar surface area (TPSA) is 69.6 Å². The number of aromatic nitrogens is 1. The first-order valence-electron chi connectivity index (χ1n) is 8.64. The van der Waals surface area contributed by atoms with Crippen LogP contribution in [0.4, 0.5) is 0 Å². The van der Waals surface area contributed by atoms with Gasteiger partial charge in [-0.3, -0.25) is 4.79 Å². The predicted octanol–water partition coefficient (Wildman–Crippen LogP) is 3.31. The Morgan fingerprint density at radius 3 is 2.67 bits per heavy atom. The summed E-state index contributed by atoms with van der Waals surface area (Å²) in [5.74, 6) is 1.04. The number of carbonyl (C=O) groups is 1. The first-order chi connectivity index (χ1) is 12.5. The van der Waals surface area contributed by atoms with Crippen LogP contribution in [0.25, 0.3) is 0 Å². The molecule has 1 amide bonds. The highest BCUT2D eigenvalue weighted by atomic mass is 127. The fourth-order valence-electron chi connectivity index (χ4n) is 2.05. The van der Waals surface area contributed by atoms with E-state index in [0.717, 1.165) is 23.7 Å². The van der Waals surface area contributed by atoms with E-state index in [2.05, 4.69) is 57.4 Å². The summed E-state index contributed by atoms with van der Waals surface area (Å²) in [4.78, 5) is 23.7. The van der Waals surface area contributed by atoms with Gasteiger partial charge in [0.1, 0.15) is 11.6 Å². The number of nitrogens with zero attached hydrogens (tertiary/aromatic N) is 3. The van der Waals surface area contributed by atoms with Crippen molar-refractivity contribution in [3.8, 4) is 0 Å². The molecule has 0 aromatic carbocycles. The van der Waals surface area contributed by atoms with Gasteiger partial charge in [0.05, 0.1) is 12.2 Å². The molecule has 0 bridgehead atoms. The van der Waals surface area contributed by atoms with Crippen molar-refractivity contribution in [2.75, 3.05) is 27.2 Å². The molecule has 6 nitrogen and oxygen atoms in total. The van der Waals surface area contributed by atoms with Crippen molar-refractivity contribution in [3.05, 3.63) is 38.5 Å². The van der Waals surface area contributed by atoms with Gasteiger partial charge in [-0.15, -0.1) is 46.7 Å². The summed E-state index contributed by atoms with van der Waals surface area (Å²) in [7, 11) is 3.47. The summed E-state index contributed by atoms with van der Waals surface area (Å²) in [6, 6.07) is 4.17. The molecule has 2 aromatic heterocycles. The molecule has 0 saturated carbocycles. The number of rotatable bonds is 8. The first-order valence-corrected chi connectivity index (χ1v) is 10.4. The zero-order chi connectivity index (χ0) is 18.9. The largest absolute Gasteiger partial charge is 0.356 e. The average Bonchev–Trinajstić information content (AvgIpc) is 3.28. The minimum absolute atomic E-state index is 0. The Kier molecular flexibility index (Phi) is 10.9. The van der Waals surface area contributed by atoms with Crippen LogP contribution in [0.1, 0.15) is 35.3 Å². The molecule has 2 heterocycles. The third-order valence-electron chi connectivity index (χ3n) is 3.68. The number of thiophene rings is 1. The number of amides is 1. The average molecular weight is 521 g/mol. The molecular formula is C18H28IN5OS2. The molecule has 2 aromatic rings. The summed E-state index contributed by atoms with van der Waals surface area (Å²) >= 11 is 3.38. The molecule has 0 radical (unpaired) electrons. The Morgan fingerprint density at radius 1 is 1.30 bits per heavy atom. The van der Waals surface area contributed by atoms with Crippen molar-refractivity contribution >= 4 is 58.5 Å². The summed E-state index contributed by atoms with van der Waals surface area (Å²) in [6.07, 6.45) is 0.925. The van der Waals surface area contributed by atoms with Gasteiger partial charge in [-0.05, 0) is 23.8 Å². The van der Waals surface area contributed by atoms with E-state index in [1.807, 2.05) is 0 Å². The highest BCUT2D eigenvalue weighted by Crippen LogP contribution is 2.17. The van der Waals surface area contributed by atoms with Crippen molar-refractivity contribution in [3.63, 3.8) is 0 Å². The zero-order valence-electron chi connectivity index (χ0n) is 16.2. The Balaban J connectivity index is 0.00000364. The number of guanidine groups is 1. The monoisotopic (exact) mass is 521 g/mol. The van der Waals surface area contributed by atoms with Crippen LogP contribution in [-0.4, -0.2) is 48.9 Å². The first kappa shape index (κ1) is 23.8. The summed E-state index contributed by atoms with van der Waals surface area (Å²) < 4.78 is 0. The number of thiazole rings is 1. The van der Waals surface area contributed by atoms with E-state index in [9.17, 15) is 4.79 Å². The summed E-state index contributed by atoms with van der Waals surface area (Å²) in [5, 5.41) is 11.8. The number of hydrogen-bond donors (Lipinski definition) is 2. The van der Waals surface area contributed by atoms with Crippen molar-refractivity contribution in [2.45, 2.75) is 32.7 Å². The van der Waals surface area contributed by atoms with E-state index in [4.69, 9.17) is 0 Å². The molecule has 0 saturated heterocycles. The maximum absolute atomic E-state index is 11.8. The van der Waals surface area contributed by atoms with E-state index in [-0.39, 0.29) is 36.4 Å². The quantitative estimate of drug-likeness (QED) is 0.318. The van der Waals surface area contributed by atoms with Crippen LogP contribution in [0.5, 0.6) is 0 Å². The molecule has 0 aliphatic heterocycles. The number of aliphatic imine (C=N–C) groups is 1. The fourth-order valence-corrected chi connectivity index (χ4v) is 3.66. The third-order valence-corrected chi connectivity index (χ3v) is 5.49. The highest BCUT2D eigenvalue weighted by molar-refractivity contribution is 14.0. The fraction of sp³-hybridized carbons (Fsp3) is 0.500. The van der Waals surface area contributed by atoms with Crippen molar-refractivity contribution in [2.24, 2.45) is 4.99 Å². The molecule has 0 unspecified atom stereocenters. The Morgan fingerprint density at radius 2 is 2.07 bits per heavy atom. The Bertz CT molecular complexity index is 713. The predicted molar refractivity (Wildman–Crippen MR) is 125 cm³/mol. The number of likely N-dealkylation sites (N-methyl/N-ethyl adjacent to an activating group) is 1. The zero-order valence-corrected chi connectivity index (χ0v) is 20.2. The standard InChI is InChI=1S/C18H27N5OS2.HI/c1-13(2)15-12-26-16(22-15)10-20-18(21-11-17(24)23(3)4)19-8-7-14-6-5-9-25-14;/h5-6,9,12-13H,7-8,10-11H2,1-4H3,(H2,19,20,21);1H. The molecule has 0 aliphatic rings. The van der Waals surface area contributed by atoms with Gasteiger partial charge < -0.3 is 15.5 Å². The van der Waals surface area contributed by atoms with Crippen LogP contribution in [0, 0.1) is 0 Å². The maximum atomic E-state index is 11.8. The number of halogens is 1. The molecule has 2 rings (SSSR count). The molecule has 0 fully saturated rings. The van der Waals surface area contributed by atoms with Crippen molar-refractivity contribution < 1.29 is 4.79 Å². The van der Waals surface area contributed by atoms with E-state index in [0.29, 0.717) is 18.4 Å². The maximum Gasteiger partial charge on any atom is 0.243 e. The minimum atomic E-state index is -0.0271. The normalized spacial score (nSPS) is 11.2. The van der Waals surface area contributed by atoms with E-state index >= 15 is 0 Å². The molecule has 27 heavy (non-hydrogen) atoms. The van der Waals surface area contributed by atoms with Crippen LogP contribution in [-0.2, 0) is 17.8 Å². The summed E-state index contributed by atoms with van der Waals surface area (Å²) in [5.41, 5.74) is 1.11. The second-order valence-corrected chi connectivity index (χ2v) is 8.36. The van der Waals surface area contributed by atoms with Gasteiger partial charge in [0, 0.05) is 30.9 Å². The Labute approximate surface area is 186 Å². The number of carbonyl (C=O) groups excluding carboxylic acids is 1. The van der Waals surface area contributed by atoms with Gasteiger partial charge in [-0.25, -0.2) is 9.98 Å². The minimum Gasteiger partial charge on any atom is -0.356 e. The number of hydrogen-bond acceptors (Lipinski definition) is 5. The lowest BCUT2D eigenvalue weighted by Gasteiger charge is -2.13. The molecular weight excluding hydrogens is 493 g/mol. The molecule has 150 valence electrons. The molecule has 0 aliphatic carbocycles. The van der Waals surface area contributed by atoms with Gasteiger partial charge >= 0.3 is 0 Å². The molecule has 0 atom stereocenters. The van der Waals surface area contributed by atoms with Crippen molar-refractivity contribution in [1.29, 1.82) is 0 Å². The van der Waals surface area contributed by atoms with Gasteiger partial charge in [0.15, 0.2) is 5.96 Å².